The van der Waals surface area contributed by atoms with E-state index in [0.29, 0.717) is 12.0 Å². The summed E-state index contributed by atoms with van der Waals surface area (Å²) >= 11 is 0. The van der Waals surface area contributed by atoms with Crippen molar-refractivity contribution in [1.29, 1.82) is 0 Å². The van der Waals surface area contributed by atoms with Gasteiger partial charge < -0.3 is 9.73 Å². The van der Waals surface area contributed by atoms with Crippen LogP contribution >= 0.6 is 0 Å². The number of hydrogen-bond donors (Lipinski definition) is 1. The molecule has 3 rings (SSSR count). The van der Waals surface area contributed by atoms with Crippen LogP contribution in [-0.2, 0) is 6.42 Å². The molecule has 0 aliphatic heterocycles. The molecule has 1 fully saturated rings. The maximum Gasteiger partial charge on any atom is 0.124 e. The van der Waals surface area contributed by atoms with Crippen LogP contribution in [0.2, 0.25) is 0 Å². The lowest BCUT2D eigenvalue weighted by Crippen LogP contribution is -2.31. The third-order valence-corrected chi connectivity index (χ3v) is 3.68. The van der Waals surface area contributed by atoms with Gasteiger partial charge in [0, 0.05) is 6.04 Å². The lowest BCUT2D eigenvalue weighted by atomic mass is 9.85. The third-order valence-electron chi connectivity index (χ3n) is 3.68. The molecule has 1 aromatic heterocycles. The predicted molar refractivity (Wildman–Crippen MR) is 59.8 cm³/mol. The van der Waals surface area contributed by atoms with Crippen LogP contribution in [0, 0.1) is 12.8 Å². The number of furan rings is 1. The van der Waals surface area contributed by atoms with Gasteiger partial charge in [-0.1, -0.05) is 6.92 Å². The quantitative estimate of drug-likeness (QED) is 0.803. The molecule has 15 heavy (non-hydrogen) atoms. The van der Waals surface area contributed by atoms with Gasteiger partial charge in [-0.15, -0.1) is 0 Å². The van der Waals surface area contributed by atoms with Gasteiger partial charge in [0.1, 0.15) is 11.5 Å². The fourth-order valence-electron chi connectivity index (χ4n) is 2.60. The van der Waals surface area contributed by atoms with Gasteiger partial charge in [0.2, 0.25) is 0 Å². The highest BCUT2D eigenvalue weighted by molar-refractivity contribution is 5.27. The third kappa shape index (κ3) is 1.71. The zero-order chi connectivity index (χ0) is 10.4. The number of nitrogens with one attached hydrogen (secondary N) is 1. The number of hydrogen-bond acceptors (Lipinski definition) is 2. The van der Waals surface area contributed by atoms with Gasteiger partial charge in [-0.2, -0.15) is 0 Å². The summed E-state index contributed by atoms with van der Waals surface area (Å²) < 4.78 is 5.86. The first kappa shape index (κ1) is 9.46. The van der Waals surface area contributed by atoms with Crippen LogP contribution in [0.25, 0.3) is 0 Å². The Kier molecular flexibility index (Phi) is 2.13. The fraction of sp³-hybridized carbons (Fsp3) is 0.692. The molecule has 1 aromatic rings. The van der Waals surface area contributed by atoms with Gasteiger partial charge in [0.25, 0.3) is 0 Å². The zero-order valence-electron chi connectivity index (χ0n) is 9.55. The standard InChI is InChI=1S/C13H19NO/c1-8-3-4-10-7-9(2)15-13(10)12(8)14-11-5-6-11/h7-8,11-12,14H,3-6H2,1-2H3. The number of rotatable bonds is 2. The first-order valence-corrected chi connectivity index (χ1v) is 6.09. The van der Waals surface area contributed by atoms with Gasteiger partial charge in [0.15, 0.2) is 0 Å². The van der Waals surface area contributed by atoms with Crippen molar-refractivity contribution in [2.45, 2.75) is 51.6 Å². The highest BCUT2D eigenvalue weighted by Gasteiger charge is 2.34. The molecule has 0 radical (unpaired) electrons. The van der Waals surface area contributed by atoms with E-state index >= 15 is 0 Å². The van der Waals surface area contributed by atoms with E-state index in [9.17, 15) is 0 Å². The summed E-state index contributed by atoms with van der Waals surface area (Å²) in [6, 6.07) is 3.44. The number of fused-ring (bicyclic) bond motifs is 1. The lowest BCUT2D eigenvalue weighted by molar-refractivity contribution is 0.285. The minimum atomic E-state index is 0.468. The monoisotopic (exact) mass is 205 g/mol. The first-order chi connectivity index (χ1) is 7.24. The molecule has 1 heterocycles. The van der Waals surface area contributed by atoms with Crippen LogP contribution in [-0.4, -0.2) is 6.04 Å². The van der Waals surface area contributed by atoms with Crippen LogP contribution < -0.4 is 5.32 Å². The predicted octanol–water partition coefficient (Wildman–Crippen LogP) is 2.96. The molecule has 0 spiro atoms. The summed E-state index contributed by atoms with van der Waals surface area (Å²) in [5.74, 6) is 3.00. The van der Waals surface area contributed by atoms with Gasteiger partial charge in [-0.05, 0) is 50.2 Å². The second-order valence-electron chi connectivity index (χ2n) is 5.18. The smallest absolute Gasteiger partial charge is 0.124 e. The van der Waals surface area contributed by atoms with E-state index in [0.717, 1.165) is 11.8 Å². The molecule has 2 aliphatic carbocycles. The highest BCUT2D eigenvalue weighted by Crippen LogP contribution is 2.38. The Bertz CT molecular complexity index is 365. The van der Waals surface area contributed by atoms with Gasteiger partial charge in [-0.3, -0.25) is 0 Å². The molecule has 1 saturated carbocycles. The summed E-state index contributed by atoms with van der Waals surface area (Å²) in [6.45, 7) is 4.39. The van der Waals surface area contributed by atoms with E-state index in [2.05, 4.69) is 25.2 Å². The summed E-state index contributed by atoms with van der Waals surface area (Å²) in [4.78, 5) is 0. The van der Waals surface area contributed by atoms with Crippen molar-refractivity contribution in [3.05, 3.63) is 23.2 Å². The van der Waals surface area contributed by atoms with Gasteiger partial charge in [-0.25, -0.2) is 0 Å². The number of aryl methyl sites for hydroxylation is 2. The summed E-state index contributed by atoms with van der Waals surface area (Å²) in [5.41, 5.74) is 1.43. The minimum absolute atomic E-state index is 0.468. The van der Waals surface area contributed by atoms with Crippen LogP contribution in [0.4, 0.5) is 0 Å². The molecule has 0 amide bonds. The fourth-order valence-corrected chi connectivity index (χ4v) is 2.60. The van der Waals surface area contributed by atoms with Crippen LogP contribution in [0.3, 0.4) is 0 Å². The molecular formula is C13H19NO. The van der Waals surface area contributed by atoms with E-state index in [1.54, 1.807) is 0 Å². The second kappa shape index (κ2) is 3.38. The van der Waals surface area contributed by atoms with Crippen molar-refractivity contribution < 1.29 is 4.42 Å². The Hall–Kier alpha value is -0.760. The molecule has 0 aromatic carbocycles. The van der Waals surface area contributed by atoms with Crippen molar-refractivity contribution in [2.75, 3.05) is 0 Å². The minimum Gasteiger partial charge on any atom is -0.464 e. The normalized spacial score (nSPS) is 30.3. The molecule has 2 nitrogen and oxygen atoms in total. The Labute approximate surface area is 91.0 Å². The molecular weight excluding hydrogens is 186 g/mol. The zero-order valence-corrected chi connectivity index (χ0v) is 9.55. The maximum absolute atomic E-state index is 5.86. The largest absolute Gasteiger partial charge is 0.464 e. The van der Waals surface area contributed by atoms with Crippen LogP contribution in [0.15, 0.2) is 10.5 Å². The molecule has 0 bridgehead atoms. The summed E-state index contributed by atoms with van der Waals surface area (Å²) in [6.07, 6.45) is 5.17. The molecule has 2 unspecified atom stereocenters. The van der Waals surface area contributed by atoms with E-state index in [1.165, 1.54) is 37.0 Å². The summed E-state index contributed by atoms with van der Waals surface area (Å²) in [7, 11) is 0. The Morgan fingerprint density at radius 2 is 2.13 bits per heavy atom. The summed E-state index contributed by atoms with van der Waals surface area (Å²) in [5, 5.41) is 3.72. The SMILES string of the molecule is Cc1cc2c(o1)C(NC1CC1)C(C)CC2. The van der Waals surface area contributed by atoms with E-state index < -0.39 is 0 Å². The van der Waals surface area contributed by atoms with Crippen molar-refractivity contribution in [3.8, 4) is 0 Å². The first-order valence-electron chi connectivity index (χ1n) is 6.09. The Balaban J connectivity index is 1.89. The average Bonchev–Trinajstić information content (AvgIpc) is 2.93. The van der Waals surface area contributed by atoms with Crippen molar-refractivity contribution in [2.24, 2.45) is 5.92 Å². The Morgan fingerprint density at radius 1 is 1.33 bits per heavy atom. The van der Waals surface area contributed by atoms with Crippen LogP contribution in [0.1, 0.15) is 49.3 Å². The van der Waals surface area contributed by atoms with Gasteiger partial charge in [0.05, 0.1) is 6.04 Å². The highest BCUT2D eigenvalue weighted by atomic mass is 16.3. The van der Waals surface area contributed by atoms with E-state index in [-0.39, 0.29) is 0 Å². The molecule has 1 N–H and O–H groups in total. The Morgan fingerprint density at radius 3 is 2.87 bits per heavy atom. The molecule has 82 valence electrons. The van der Waals surface area contributed by atoms with E-state index in [1.807, 2.05) is 0 Å². The average molecular weight is 205 g/mol. The maximum atomic E-state index is 5.86. The molecule has 2 heteroatoms. The lowest BCUT2D eigenvalue weighted by Gasteiger charge is -2.28. The van der Waals surface area contributed by atoms with Crippen LogP contribution in [0.5, 0.6) is 0 Å². The molecule has 2 atom stereocenters. The second-order valence-corrected chi connectivity index (χ2v) is 5.18. The topological polar surface area (TPSA) is 25.2 Å². The molecule has 2 aliphatic rings. The molecule has 0 saturated heterocycles. The van der Waals surface area contributed by atoms with E-state index in [4.69, 9.17) is 4.42 Å². The van der Waals surface area contributed by atoms with Crippen molar-refractivity contribution >= 4 is 0 Å². The van der Waals surface area contributed by atoms with Crippen molar-refractivity contribution in [1.82, 2.24) is 5.32 Å². The van der Waals surface area contributed by atoms with Gasteiger partial charge >= 0.3 is 0 Å². The van der Waals surface area contributed by atoms with Crippen molar-refractivity contribution in [3.63, 3.8) is 0 Å².